The molecule has 0 radical (unpaired) electrons. The van der Waals surface area contributed by atoms with Gasteiger partial charge in [0.15, 0.2) is 0 Å². The molecule has 1 aromatic carbocycles. The third kappa shape index (κ3) is 1.85. The van der Waals surface area contributed by atoms with Gasteiger partial charge in [0.2, 0.25) is 0 Å². The van der Waals surface area contributed by atoms with Crippen molar-refractivity contribution in [2.24, 2.45) is 0 Å². The molecule has 4 heteroatoms. The van der Waals surface area contributed by atoms with E-state index >= 15 is 0 Å². The standard InChI is InChI=1S/C8H7NO2S/c1-6(12)7-3-2-4-8(5-7)9(10)11/h2-5H,1H3. The van der Waals surface area contributed by atoms with Gasteiger partial charge in [-0.2, -0.15) is 0 Å². The third-order valence-corrected chi connectivity index (χ3v) is 1.70. The molecule has 0 bridgehead atoms. The molecule has 0 amide bonds. The number of thiocarbonyl (C=S) groups is 1. The minimum atomic E-state index is -0.429. The Hall–Kier alpha value is -1.29. The SMILES string of the molecule is CC(=S)c1cccc([N+](=O)[O-])c1. The van der Waals surface area contributed by atoms with Crippen LogP contribution in [0.1, 0.15) is 12.5 Å². The molecule has 1 aromatic rings. The summed E-state index contributed by atoms with van der Waals surface area (Å²) in [6.07, 6.45) is 0. The highest BCUT2D eigenvalue weighted by Gasteiger charge is 2.05. The van der Waals surface area contributed by atoms with Crippen molar-refractivity contribution in [1.82, 2.24) is 0 Å². The predicted octanol–water partition coefficient (Wildman–Crippen LogP) is 2.33. The van der Waals surface area contributed by atoms with Crippen LogP contribution in [0.4, 0.5) is 5.69 Å². The number of nitro groups is 1. The summed E-state index contributed by atoms with van der Waals surface area (Å²) in [5.41, 5.74) is 0.816. The molecule has 3 nitrogen and oxygen atoms in total. The molecule has 0 aromatic heterocycles. The summed E-state index contributed by atoms with van der Waals surface area (Å²) in [7, 11) is 0. The fourth-order valence-corrected chi connectivity index (χ4v) is 0.965. The molecule has 0 unspecified atom stereocenters. The van der Waals surface area contributed by atoms with Gasteiger partial charge >= 0.3 is 0 Å². The minimum absolute atomic E-state index is 0.0803. The van der Waals surface area contributed by atoms with Gasteiger partial charge in [-0.1, -0.05) is 24.4 Å². The van der Waals surface area contributed by atoms with Gasteiger partial charge in [-0.3, -0.25) is 10.1 Å². The predicted molar refractivity (Wildman–Crippen MR) is 50.5 cm³/mol. The van der Waals surface area contributed by atoms with Crippen LogP contribution in [0.15, 0.2) is 24.3 Å². The smallest absolute Gasteiger partial charge is 0.258 e. The fourth-order valence-electron chi connectivity index (χ4n) is 0.838. The number of nitro benzene ring substituents is 1. The Bertz CT molecular complexity index is 306. The summed E-state index contributed by atoms with van der Waals surface area (Å²) in [6.45, 7) is 1.74. The Labute approximate surface area is 75.2 Å². The van der Waals surface area contributed by atoms with Gasteiger partial charge < -0.3 is 0 Å². The van der Waals surface area contributed by atoms with Crippen LogP contribution in [0, 0.1) is 10.1 Å². The first-order valence-electron chi connectivity index (χ1n) is 3.36. The van der Waals surface area contributed by atoms with Crippen LogP contribution in [0.2, 0.25) is 0 Å². The van der Waals surface area contributed by atoms with E-state index in [0.29, 0.717) is 4.86 Å². The molecule has 0 aliphatic carbocycles. The molecule has 62 valence electrons. The number of rotatable bonds is 2. The lowest BCUT2D eigenvalue weighted by Gasteiger charge is -1.96. The van der Waals surface area contributed by atoms with E-state index in [0.717, 1.165) is 5.56 Å². The third-order valence-electron chi connectivity index (χ3n) is 1.46. The van der Waals surface area contributed by atoms with E-state index in [-0.39, 0.29) is 5.69 Å². The van der Waals surface area contributed by atoms with E-state index in [1.54, 1.807) is 19.1 Å². The van der Waals surface area contributed by atoms with Crippen molar-refractivity contribution in [2.45, 2.75) is 6.92 Å². The number of hydrogen-bond acceptors (Lipinski definition) is 3. The van der Waals surface area contributed by atoms with Crippen LogP contribution in [0.3, 0.4) is 0 Å². The van der Waals surface area contributed by atoms with Crippen molar-refractivity contribution in [3.8, 4) is 0 Å². The molecule has 0 spiro atoms. The lowest BCUT2D eigenvalue weighted by Crippen LogP contribution is -1.93. The molecule has 0 N–H and O–H groups in total. The molecule has 0 heterocycles. The molecule has 0 saturated heterocycles. The topological polar surface area (TPSA) is 43.1 Å². The van der Waals surface area contributed by atoms with Crippen molar-refractivity contribution in [2.75, 3.05) is 0 Å². The van der Waals surface area contributed by atoms with Gasteiger partial charge in [-0.05, 0) is 12.5 Å². The zero-order valence-electron chi connectivity index (χ0n) is 6.48. The molecule has 0 aliphatic heterocycles. The molecule has 0 fully saturated rings. The fraction of sp³-hybridized carbons (Fsp3) is 0.125. The van der Waals surface area contributed by atoms with E-state index < -0.39 is 4.92 Å². The van der Waals surface area contributed by atoms with E-state index in [2.05, 4.69) is 0 Å². The van der Waals surface area contributed by atoms with Gasteiger partial charge in [-0.25, -0.2) is 0 Å². The van der Waals surface area contributed by atoms with Crippen molar-refractivity contribution in [3.05, 3.63) is 39.9 Å². The Morgan fingerprint density at radius 2 is 2.25 bits per heavy atom. The molecular weight excluding hydrogens is 174 g/mol. The molecule has 12 heavy (non-hydrogen) atoms. The van der Waals surface area contributed by atoms with Crippen LogP contribution in [0.25, 0.3) is 0 Å². The maximum Gasteiger partial charge on any atom is 0.270 e. The summed E-state index contributed by atoms with van der Waals surface area (Å²) < 4.78 is 0. The Morgan fingerprint density at radius 3 is 2.75 bits per heavy atom. The number of non-ortho nitro benzene ring substituents is 1. The second-order valence-corrected chi connectivity index (χ2v) is 2.98. The van der Waals surface area contributed by atoms with Crippen LogP contribution < -0.4 is 0 Å². The summed E-state index contributed by atoms with van der Waals surface area (Å²) in [6, 6.07) is 6.31. The maximum atomic E-state index is 10.3. The summed E-state index contributed by atoms with van der Waals surface area (Å²) >= 11 is 4.89. The van der Waals surface area contributed by atoms with Gasteiger partial charge in [0.25, 0.3) is 5.69 Å². The van der Waals surface area contributed by atoms with Gasteiger partial charge in [0.1, 0.15) is 0 Å². The highest BCUT2D eigenvalue weighted by molar-refractivity contribution is 7.80. The van der Waals surface area contributed by atoms with E-state index in [1.807, 2.05) is 0 Å². The summed E-state index contributed by atoms with van der Waals surface area (Å²) in [4.78, 5) is 10.6. The van der Waals surface area contributed by atoms with Gasteiger partial charge in [0.05, 0.1) is 4.92 Å². The first-order valence-corrected chi connectivity index (χ1v) is 3.77. The van der Waals surface area contributed by atoms with Crippen LogP contribution in [-0.4, -0.2) is 9.79 Å². The largest absolute Gasteiger partial charge is 0.270 e. The first kappa shape index (κ1) is 8.80. The number of nitrogens with zero attached hydrogens (tertiary/aromatic N) is 1. The lowest BCUT2D eigenvalue weighted by atomic mass is 10.1. The van der Waals surface area contributed by atoms with E-state index in [1.165, 1.54) is 12.1 Å². The number of hydrogen-bond donors (Lipinski definition) is 0. The second-order valence-electron chi connectivity index (χ2n) is 2.36. The van der Waals surface area contributed by atoms with Crippen LogP contribution in [-0.2, 0) is 0 Å². The van der Waals surface area contributed by atoms with E-state index in [4.69, 9.17) is 12.2 Å². The van der Waals surface area contributed by atoms with Crippen molar-refractivity contribution in [3.63, 3.8) is 0 Å². The zero-order chi connectivity index (χ0) is 9.14. The van der Waals surface area contributed by atoms with Crippen LogP contribution >= 0.6 is 12.2 Å². The normalized spacial score (nSPS) is 9.42. The first-order chi connectivity index (χ1) is 5.61. The van der Waals surface area contributed by atoms with E-state index in [9.17, 15) is 10.1 Å². The quantitative estimate of drug-likeness (QED) is 0.304. The Morgan fingerprint density at radius 1 is 1.58 bits per heavy atom. The minimum Gasteiger partial charge on any atom is -0.258 e. The Balaban J connectivity index is 3.12. The highest BCUT2D eigenvalue weighted by atomic mass is 32.1. The monoisotopic (exact) mass is 181 g/mol. The zero-order valence-corrected chi connectivity index (χ0v) is 7.30. The maximum absolute atomic E-state index is 10.3. The molecule has 1 rings (SSSR count). The average molecular weight is 181 g/mol. The lowest BCUT2D eigenvalue weighted by molar-refractivity contribution is -0.384. The van der Waals surface area contributed by atoms with Crippen molar-refractivity contribution < 1.29 is 4.92 Å². The highest BCUT2D eigenvalue weighted by Crippen LogP contribution is 2.13. The van der Waals surface area contributed by atoms with Crippen LogP contribution in [0.5, 0.6) is 0 Å². The molecule has 0 aliphatic rings. The number of benzene rings is 1. The molecule has 0 saturated carbocycles. The van der Waals surface area contributed by atoms with Gasteiger partial charge in [0, 0.05) is 17.0 Å². The van der Waals surface area contributed by atoms with Crippen molar-refractivity contribution >= 4 is 22.8 Å². The Kier molecular flexibility index (Phi) is 2.50. The summed E-state index contributed by atoms with van der Waals surface area (Å²) in [5, 5.41) is 10.3. The average Bonchev–Trinajstić information content (AvgIpc) is 2.04. The summed E-state index contributed by atoms with van der Waals surface area (Å²) in [5.74, 6) is 0. The van der Waals surface area contributed by atoms with Crippen molar-refractivity contribution in [1.29, 1.82) is 0 Å². The molecular formula is C8H7NO2S. The molecule has 0 atom stereocenters. The second kappa shape index (κ2) is 3.40. The van der Waals surface area contributed by atoms with Gasteiger partial charge in [-0.15, -0.1) is 0 Å².